The molecular formula is C28H25ClFN3O2. The van der Waals surface area contributed by atoms with Gasteiger partial charge in [-0.3, -0.25) is 9.89 Å². The molecule has 3 aromatic carbocycles. The number of aliphatic hydroxyl groups is 1. The van der Waals surface area contributed by atoms with Crippen LogP contribution in [0.3, 0.4) is 0 Å². The zero-order valence-electron chi connectivity index (χ0n) is 19.2. The molecule has 0 unspecified atom stereocenters. The van der Waals surface area contributed by atoms with Gasteiger partial charge in [-0.05, 0) is 70.2 Å². The van der Waals surface area contributed by atoms with Gasteiger partial charge in [0, 0.05) is 18.0 Å². The Balaban J connectivity index is 1.81. The van der Waals surface area contributed by atoms with Gasteiger partial charge in [0.2, 0.25) is 5.91 Å². The second kappa shape index (κ2) is 11.1. The van der Waals surface area contributed by atoms with Crippen LogP contribution in [0.4, 0.5) is 4.39 Å². The minimum absolute atomic E-state index is 0.105. The Morgan fingerprint density at radius 1 is 1.11 bits per heavy atom. The van der Waals surface area contributed by atoms with Crippen LogP contribution in [-0.4, -0.2) is 34.4 Å². The van der Waals surface area contributed by atoms with Gasteiger partial charge < -0.3 is 10.4 Å². The van der Waals surface area contributed by atoms with Crippen LogP contribution in [-0.2, 0) is 4.79 Å². The average molecular weight is 490 g/mol. The van der Waals surface area contributed by atoms with E-state index in [-0.39, 0.29) is 24.9 Å². The molecule has 0 bridgehead atoms. The third-order valence-corrected chi connectivity index (χ3v) is 5.99. The number of rotatable bonds is 8. The molecule has 0 aliphatic heterocycles. The maximum absolute atomic E-state index is 13.8. The van der Waals surface area contributed by atoms with Crippen molar-refractivity contribution in [3.05, 3.63) is 106 Å². The van der Waals surface area contributed by atoms with Crippen molar-refractivity contribution in [2.24, 2.45) is 0 Å². The number of aromatic nitrogens is 2. The first-order chi connectivity index (χ1) is 17.0. The molecule has 0 aliphatic rings. The van der Waals surface area contributed by atoms with Crippen molar-refractivity contribution in [3.8, 4) is 0 Å². The highest BCUT2D eigenvalue weighted by Gasteiger charge is 2.16. The number of nitrogens with one attached hydrogen (secondary N) is 2. The van der Waals surface area contributed by atoms with E-state index in [9.17, 15) is 9.18 Å². The topological polar surface area (TPSA) is 78.0 Å². The second-order valence-corrected chi connectivity index (χ2v) is 8.38. The van der Waals surface area contributed by atoms with Crippen LogP contribution < -0.4 is 5.32 Å². The van der Waals surface area contributed by atoms with Crippen molar-refractivity contribution in [3.63, 3.8) is 0 Å². The zero-order valence-corrected chi connectivity index (χ0v) is 19.9. The van der Waals surface area contributed by atoms with Gasteiger partial charge in [-0.1, -0.05) is 54.9 Å². The number of amides is 1. The summed E-state index contributed by atoms with van der Waals surface area (Å²) in [5.74, 6) is -0.647. The van der Waals surface area contributed by atoms with E-state index in [0.717, 1.165) is 44.3 Å². The SMILES string of the molecule is CCC(=C(c1ccc(C=CC(=O)NCCO)cc1)c1ccc2[nH]ncc2c1)c1ccc(F)cc1Cl. The Kier molecular flexibility index (Phi) is 7.75. The molecule has 7 heteroatoms. The van der Waals surface area contributed by atoms with Crippen LogP contribution in [0.1, 0.15) is 35.6 Å². The molecule has 1 heterocycles. The third-order valence-electron chi connectivity index (χ3n) is 5.68. The maximum atomic E-state index is 13.8. The van der Waals surface area contributed by atoms with E-state index in [1.165, 1.54) is 18.2 Å². The normalized spacial score (nSPS) is 12.2. The molecule has 4 rings (SSSR count). The lowest BCUT2D eigenvalue weighted by Crippen LogP contribution is -2.24. The number of carbonyl (C=O) groups is 1. The van der Waals surface area contributed by atoms with E-state index >= 15 is 0 Å². The summed E-state index contributed by atoms with van der Waals surface area (Å²) in [6.45, 7) is 2.16. The Morgan fingerprint density at radius 3 is 2.60 bits per heavy atom. The molecule has 0 saturated heterocycles. The van der Waals surface area contributed by atoms with Gasteiger partial charge in [-0.15, -0.1) is 0 Å². The zero-order chi connectivity index (χ0) is 24.8. The molecule has 0 fully saturated rings. The number of aliphatic hydroxyl groups excluding tert-OH is 1. The first-order valence-electron chi connectivity index (χ1n) is 11.3. The van der Waals surface area contributed by atoms with E-state index in [2.05, 4.69) is 21.6 Å². The number of hydrogen-bond acceptors (Lipinski definition) is 3. The summed E-state index contributed by atoms with van der Waals surface area (Å²) in [6.07, 6.45) is 5.61. The van der Waals surface area contributed by atoms with E-state index in [0.29, 0.717) is 11.4 Å². The number of nitrogens with zero attached hydrogens (tertiary/aromatic N) is 1. The summed E-state index contributed by atoms with van der Waals surface area (Å²) < 4.78 is 13.8. The molecule has 0 saturated carbocycles. The monoisotopic (exact) mass is 489 g/mol. The number of hydrogen-bond donors (Lipinski definition) is 3. The predicted molar refractivity (Wildman–Crippen MR) is 139 cm³/mol. The fraction of sp³-hybridized carbons (Fsp3) is 0.143. The van der Waals surface area contributed by atoms with E-state index < -0.39 is 0 Å². The molecule has 178 valence electrons. The lowest BCUT2D eigenvalue weighted by atomic mass is 9.87. The van der Waals surface area contributed by atoms with Crippen molar-refractivity contribution in [1.29, 1.82) is 0 Å². The van der Waals surface area contributed by atoms with Crippen molar-refractivity contribution < 1.29 is 14.3 Å². The highest BCUT2D eigenvalue weighted by Crippen LogP contribution is 2.38. The fourth-order valence-corrected chi connectivity index (χ4v) is 4.30. The smallest absolute Gasteiger partial charge is 0.244 e. The number of carbonyl (C=O) groups excluding carboxylic acids is 1. The van der Waals surface area contributed by atoms with Gasteiger partial charge in [0.1, 0.15) is 5.82 Å². The molecule has 0 aliphatic carbocycles. The number of benzene rings is 3. The Morgan fingerprint density at radius 2 is 1.89 bits per heavy atom. The van der Waals surface area contributed by atoms with Crippen LogP contribution in [0, 0.1) is 5.82 Å². The second-order valence-electron chi connectivity index (χ2n) is 7.97. The number of fused-ring (bicyclic) bond motifs is 1. The van der Waals surface area contributed by atoms with E-state index in [1.807, 2.05) is 43.3 Å². The summed E-state index contributed by atoms with van der Waals surface area (Å²) in [6, 6.07) is 18.4. The highest BCUT2D eigenvalue weighted by molar-refractivity contribution is 6.32. The van der Waals surface area contributed by atoms with Crippen molar-refractivity contribution in [2.75, 3.05) is 13.2 Å². The van der Waals surface area contributed by atoms with Gasteiger partial charge in [-0.25, -0.2) is 4.39 Å². The first kappa shape index (κ1) is 24.4. The summed E-state index contributed by atoms with van der Waals surface area (Å²) in [7, 11) is 0. The number of H-pyrrole nitrogens is 1. The van der Waals surface area contributed by atoms with Crippen molar-refractivity contribution >= 4 is 45.6 Å². The molecule has 1 amide bonds. The predicted octanol–water partition coefficient (Wildman–Crippen LogP) is 5.85. The molecule has 0 spiro atoms. The molecule has 3 N–H and O–H groups in total. The van der Waals surface area contributed by atoms with Gasteiger partial charge >= 0.3 is 0 Å². The lowest BCUT2D eigenvalue weighted by Gasteiger charge is -2.18. The molecule has 35 heavy (non-hydrogen) atoms. The highest BCUT2D eigenvalue weighted by atomic mass is 35.5. The minimum atomic E-state index is -0.380. The fourth-order valence-electron chi connectivity index (χ4n) is 4.02. The summed E-state index contributed by atoms with van der Waals surface area (Å²) in [5, 5.41) is 19.9. The van der Waals surface area contributed by atoms with Gasteiger partial charge in [0.05, 0.1) is 23.3 Å². The van der Waals surface area contributed by atoms with Crippen LogP contribution in [0.2, 0.25) is 5.02 Å². The van der Waals surface area contributed by atoms with Gasteiger partial charge in [0.15, 0.2) is 0 Å². The Bertz CT molecular complexity index is 1410. The molecule has 0 atom stereocenters. The summed E-state index contributed by atoms with van der Waals surface area (Å²) in [5.41, 5.74) is 6.50. The van der Waals surface area contributed by atoms with Crippen molar-refractivity contribution in [1.82, 2.24) is 15.5 Å². The number of allylic oxidation sites excluding steroid dienone is 1. The van der Waals surface area contributed by atoms with Crippen LogP contribution in [0.25, 0.3) is 28.1 Å². The lowest BCUT2D eigenvalue weighted by molar-refractivity contribution is -0.116. The number of halogens is 2. The summed E-state index contributed by atoms with van der Waals surface area (Å²) >= 11 is 6.48. The largest absolute Gasteiger partial charge is 0.395 e. The quantitative estimate of drug-likeness (QED) is 0.215. The Hall–Kier alpha value is -3.74. The first-order valence-corrected chi connectivity index (χ1v) is 11.7. The van der Waals surface area contributed by atoms with Crippen LogP contribution in [0.5, 0.6) is 0 Å². The molecular weight excluding hydrogens is 465 g/mol. The minimum Gasteiger partial charge on any atom is -0.395 e. The average Bonchev–Trinajstić information content (AvgIpc) is 3.34. The van der Waals surface area contributed by atoms with Crippen molar-refractivity contribution in [2.45, 2.75) is 13.3 Å². The standard InChI is InChI=1S/C28H25ClFN3O2/c1-2-23(24-10-9-22(30)16-25(24)29)28(20-8-11-26-21(15-20)17-32-33-26)19-6-3-18(4-7-19)5-12-27(35)31-13-14-34/h3-12,15-17,34H,2,13-14H2,1H3,(H,31,35)(H,32,33). The number of aromatic amines is 1. The summed E-state index contributed by atoms with van der Waals surface area (Å²) in [4.78, 5) is 11.8. The molecule has 4 aromatic rings. The van der Waals surface area contributed by atoms with Gasteiger partial charge in [0.25, 0.3) is 0 Å². The van der Waals surface area contributed by atoms with E-state index in [4.69, 9.17) is 16.7 Å². The molecule has 1 aromatic heterocycles. The third kappa shape index (κ3) is 5.67. The maximum Gasteiger partial charge on any atom is 0.244 e. The molecule has 5 nitrogen and oxygen atoms in total. The van der Waals surface area contributed by atoms with Gasteiger partial charge in [-0.2, -0.15) is 5.10 Å². The Labute approximate surface area is 208 Å². The van der Waals surface area contributed by atoms with Crippen LogP contribution >= 0.6 is 11.6 Å². The van der Waals surface area contributed by atoms with E-state index in [1.54, 1.807) is 18.3 Å². The molecule has 0 radical (unpaired) electrons. The van der Waals surface area contributed by atoms with Crippen LogP contribution in [0.15, 0.2) is 72.9 Å².